The van der Waals surface area contributed by atoms with Gasteiger partial charge in [-0.05, 0) is 18.6 Å². The van der Waals surface area contributed by atoms with Crippen LogP contribution in [0, 0.1) is 0 Å². The van der Waals surface area contributed by atoms with E-state index in [1.54, 1.807) is 12.4 Å². The number of carbonyl (C=O) groups excluding carboxylic acids is 2. The van der Waals surface area contributed by atoms with Crippen molar-refractivity contribution < 1.29 is 9.59 Å². The molecule has 20 heavy (non-hydrogen) atoms. The van der Waals surface area contributed by atoms with Crippen LogP contribution in [0.25, 0.3) is 11.3 Å². The Hall–Kier alpha value is -2.28. The van der Waals surface area contributed by atoms with Crippen LogP contribution in [0.5, 0.6) is 0 Å². The van der Waals surface area contributed by atoms with Gasteiger partial charge in [-0.1, -0.05) is 0 Å². The second kappa shape index (κ2) is 5.38. The van der Waals surface area contributed by atoms with Gasteiger partial charge in [-0.15, -0.1) is 11.3 Å². The summed E-state index contributed by atoms with van der Waals surface area (Å²) in [6, 6.07) is 3.29. The smallest absolute Gasteiger partial charge is 0.248 e. The lowest BCUT2D eigenvalue weighted by Gasteiger charge is -2.08. The molecule has 0 aromatic carbocycles. The van der Waals surface area contributed by atoms with Gasteiger partial charge >= 0.3 is 0 Å². The van der Waals surface area contributed by atoms with Crippen molar-refractivity contribution >= 4 is 28.3 Å². The third-order valence-electron chi connectivity index (χ3n) is 3.00. The molecule has 6 nitrogen and oxygen atoms in total. The van der Waals surface area contributed by atoms with Gasteiger partial charge in [-0.3, -0.25) is 14.6 Å². The molecule has 1 unspecified atom stereocenters. The number of hydrogen-bond donors (Lipinski definition) is 2. The van der Waals surface area contributed by atoms with Gasteiger partial charge in [-0.25, -0.2) is 4.98 Å². The van der Waals surface area contributed by atoms with Gasteiger partial charge in [0.25, 0.3) is 0 Å². The molecule has 2 aromatic rings. The molecule has 1 fully saturated rings. The fourth-order valence-corrected chi connectivity index (χ4v) is 2.70. The summed E-state index contributed by atoms with van der Waals surface area (Å²) in [5, 5.41) is 7.74. The van der Waals surface area contributed by atoms with E-state index in [-0.39, 0.29) is 11.8 Å². The summed E-state index contributed by atoms with van der Waals surface area (Å²) in [6.07, 6.45) is 4.35. The lowest BCUT2D eigenvalue weighted by molar-refractivity contribution is -0.122. The van der Waals surface area contributed by atoms with Crippen molar-refractivity contribution in [1.29, 1.82) is 0 Å². The zero-order valence-electron chi connectivity index (χ0n) is 10.5. The van der Waals surface area contributed by atoms with Gasteiger partial charge in [0.2, 0.25) is 11.8 Å². The molecule has 2 aromatic heterocycles. The van der Waals surface area contributed by atoms with Gasteiger partial charge in [0.15, 0.2) is 5.13 Å². The second-order valence-corrected chi connectivity index (χ2v) is 5.29. The van der Waals surface area contributed by atoms with E-state index in [0.717, 1.165) is 11.3 Å². The molecule has 3 rings (SSSR count). The van der Waals surface area contributed by atoms with Gasteiger partial charge in [0, 0.05) is 29.8 Å². The maximum Gasteiger partial charge on any atom is 0.248 e. The first kappa shape index (κ1) is 12.7. The molecule has 0 spiro atoms. The van der Waals surface area contributed by atoms with Crippen molar-refractivity contribution in [3.05, 3.63) is 29.9 Å². The van der Waals surface area contributed by atoms with Crippen LogP contribution >= 0.6 is 11.3 Å². The normalized spacial score (nSPS) is 17.8. The standard InChI is InChI=1S/C13H12N4O2S/c18-11-4-3-9(15-11)12(19)17-13-16-10(7-20-13)8-2-1-5-14-6-8/h1-2,5-7,9H,3-4H2,(H,15,18)(H,16,17,19). The number of rotatable bonds is 3. The minimum Gasteiger partial charge on any atom is -0.344 e. The number of anilines is 1. The first-order valence-corrected chi connectivity index (χ1v) is 7.06. The van der Waals surface area contributed by atoms with Crippen LogP contribution in [0.3, 0.4) is 0 Å². The van der Waals surface area contributed by atoms with Gasteiger partial charge < -0.3 is 10.6 Å². The Labute approximate surface area is 119 Å². The van der Waals surface area contributed by atoms with Crippen molar-refractivity contribution in [3.8, 4) is 11.3 Å². The summed E-state index contributed by atoms with van der Waals surface area (Å²) < 4.78 is 0. The van der Waals surface area contributed by atoms with Crippen LogP contribution in [0.15, 0.2) is 29.9 Å². The Kier molecular flexibility index (Phi) is 3.42. The average molecular weight is 288 g/mol. The third kappa shape index (κ3) is 2.67. The largest absolute Gasteiger partial charge is 0.344 e. The van der Waals surface area contributed by atoms with E-state index in [4.69, 9.17) is 0 Å². The number of nitrogens with one attached hydrogen (secondary N) is 2. The van der Waals surface area contributed by atoms with Crippen molar-refractivity contribution in [3.63, 3.8) is 0 Å². The van der Waals surface area contributed by atoms with E-state index >= 15 is 0 Å². The van der Waals surface area contributed by atoms with E-state index in [1.165, 1.54) is 11.3 Å². The van der Waals surface area contributed by atoms with Gasteiger partial charge in [0.05, 0.1) is 5.69 Å². The van der Waals surface area contributed by atoms with Crippen LogP contribution in [0.4, 0.5) is 5.13 Å². The van der Waals surface area contributed by atoms with Crippen molar-refractivity contribution in [2.75, 3.05) is 5.32 Å². The van der Waals surface area contributed by atoms with Crippen LogP contribution in [-0.2, 0) is 9.59 Å². The Morgan fingerprint density at radius 2 is 2.40 bits per heavy atom. The number of thiazole rings is 1. The highest BCUT2D eigenvalue weighted by molar-refractivity contribution is 7.14. The van der Waals surface area contributed by atoms with Crippen molar-refractivity contribution in [2.45, 2.75) is 18.9 Å². The van der Waals surface area contributed by atoms with E-state index in [0.29, 0.717) is 18.0 Å². The second-order valence-electron chi connectivity index (χ2n) is 4.43. The molecule has 1 saturated heterocycles. The SMILES string of the molecule is O=C1CCC(C(=O)Nc2nc(-c3cccnc3)cs2)N1. The van der Waals surface area contributed by atoms with Crippen molar-refractivity contribution in [1.82, 2.24) is 15.3 Å². The van der Waals surface area contributed by atoms with E-state index in [1.807, 2.05) is 17.5 Å². The topological polar surface area (TPSA) is 84.0 Å². The Morgan fingerprint density at radius 3 is 3.10 bits per heavy atom. The number of aromatic nitrogens is 2. The minimum absolute atomic E-state index is 0.0830. The third-order valence-corrected chi connectivity index (χ3v) is 3.76. The number of amides is 2. The summed E-state index contributed by atoms with van der Waals surface area (Å²) in [7, 11) is 0. The predicted octanol–water partition coefficient (Wildman–Crippen LogP) is 1.42. The monoisotopic (exact) mass is 288 g/mol. The molecular formula is C13H12N4O2S. The highest BCUT2D eigenvalue weighted by atomic mass is 32.1. The molecule has 1 aliphatic heterocycles. The molecule has 1 atom stereocenters. The molecule has 3 heterocycles. The summed E-state index contributed by atoms with van der Waals surface area (Å²) in [5.41, 5.74) is 1.67. The van der Waals surface area contributed by atoms with E-state index in [9.17, 15) is 9.59 Å². The fraction of sp³-hybridized carbons (Fsp3) is 0.231. The zero-order valence-corrected chi connectivity index (χ0v) is 11.3. The summed E-state index contributed by atoms with van der Waals surface area (Å²) in [6.45, 7) is 0. The molecule has 0 bridgehead atoms. The number of nitrogens with zero attached hydrogens (tertiary/aromatic N) is 2. The Bertz CT molecular complexity index is 641. The van der Waals surface area contributed by atoms with Crippen LogP contribution in [0.1, 0.15) is 12.8 Å². The van der Waals surface area contributed by atoms with Gasteiger partial charge in [0.1, 0.15) is 6.04 Å². The van der Waals surface area contributed by atoms with Crippen LogP contribution < -0.4 is 10.6 Å². The maximum atomic E-state index is 11.9. The van der Waals surface area contributed by atoms with Gasteiger partial charge in [-0.2, -0.15) is 0 Å². The van der Waals surface area contributed by atoms with Crippen molar-refractivity contribution in [2.24, 2.45) is 0 Å². The molecule has 2 N–H and O–H groups in total. The molecule has 0 saturated carbocycles. The number of pyridine rings is 1. The fourth-order valence-electron chi connectivity index (χ4n) is 1.98. The lowest BCUT2D eigenvalue weighted by atomic mass is 10.2. The van der Waals surface area contributed by atoms with Crippen LogP contribution in [0.2, 0.25) is 0 Å². The summed E-state index contributed by atoms with van der Waals surface area (Å²) >= 11 is 1.35. The molecule has 1 aliphatic rings. The molecule has 0 radical (unpaired) electrons. The molecule has 7 heteroatoms. The molecule has 102 valence electrons. The Morgan fingerprint density at radius 1 is 1.50 bits per heavy atom. The first-order valence-electron chi connectivity index (χ1n) is 6.18. The van der Waals surface area contributed by atoms with Crippen LogP contribution in [-0.4, -0.2) is 27.8 Å². The zero-order chi connectivity index (χ0) is 13.9. The molecule has 0 aliphatic carbocycles. The maximum absolute atomic E-state index is 11.9. The van der Waals surface area contributed by atoms with E-state index < -0.39 is 6.04 Å². The minimum atomic E-state index is -0.451. The quantitative estimate of drug-likeness (QED) is 0.894. The highest BCUT2D eigenvalue weighted by Crippen LogP contribution is 2.24. The molecule has 2 amide bonds. The van der Waals surface area contributed by atoms with E-state index in [2.05, 4.69) is 20.6 Å². The average Bonchev–Trinajstić information content (AvgIpc) is 3.09. The highest BCUT2D eigenvalue weighted by Gasteiger charge is 2.27. The Balaban J connectivity index is 1.68. The summed E-state index contributed by atoms with van der Waals surface area (Å²) in [5.74, 6) is -0.303. The summed E-state index contributed by atoms with van der Waals surface area (Å²) in [4.78, 5) is 31.4. The predicted molar refractivity (Wildman–Crippen MR) is 75.1 cm³/mol. The number of carbonyl (C=O) groups is 2. The number of hydrogen-bond acceptors (Lipinski definition) is 5. The lowest BCUT2D eigenvalue weighted by Crippen LogP contribution is -2.37. The first-order chi connectivity index (χ1) is 9.72. The molecular weight excluding hydrogens is 276 g/mol.